The van der Waals surface area contributed by atoms with Gasteiger partial charge in [-0.05, 0) is 17.2 Å². The van der Waals surface area contributed by atoms with E-state index in [1.54, 1.807) is 12.1 Å². The predicted molar refractivity (Wildman–Crippen MR) is 104 cm³/mol. The van der Waals surface area contributed by atoms with E-state index in [1.807, 2.05) is 23.1 Å². The molecule has 0 spiro atoms. The minimum atomic E-state index is -0.431. The molecule has 2 aromatic carbocycles. The Morgan fingerprint density at radius 1 is 1.07 bits per heavy atom. The summed E-state index contributed by atoms with van der Waals surface area (Å²) in [6.07, 6.45) is 4.62. The first kappa shape index (κ1) is 18.8. The molecule has 0 aromatic heterocycles. The highest BCUT2D eigenvalue weighted by atomic mass is 16.6. The predicted octanol–water partition coefficient (Wildman–Crippen LogP) is 1.58. The van der Waals surface area contributed by atoms with Gasteiger partial charge in [-0.1, -0.05) is 48.5 Å². The van der Waals surface area contributed by atoms with Gasteiger partial charge in [0.05, 0.1) is 44.1 Å². The third kappa shape index (κ3) is 5.49. The van der Waals surface area contributed by atoms with Crippen LogP contribution in [0.15, 0.2) is 60.7 Å². The molecule has 1 saturated heterocycles. The lowest BCUT2D eigenvalue weighted by Gasteiger charge is -2.31. The van der Waals surface area contributed by atoms with Crippen LogP contribution in [0.2, 0.25) is 0 Å². The molecule has 2 aromatic rings. The molecule has 1 fully saturated rings. The van der Waals surface area contributed by atoms with Crippen molar-refractivity contribution < 1.29 is 14.6 Å². The van der Waals surface area contributed by atoms with Crippen LogP contribution in [-0.4, -0.2) is 48.5 Å². The van der Waals surface area contributed by atoms with Crippen LogP contribution in [0.3, 0.4) is 0 Å². The zero-order valence-electron chi connectivity index (χ0n) is 15.2. The summed E-state index contributed by atoms with van der Waals surface area (Å²) in [5.74, 6) is 0.0859. The molecule has 0 bridgehead atoms. The number of carbonyl (C=O) groups is 1. The van der Waals surface area contributed by atoms with Gasteiger partial charge in [0.2, 0.25) is 5.91 Å². The summed E-state index contributed by atoms with van der Waals surface area (Å²) in [5, 5.41) is 10.7. The second kappa shape index (κ2) is 9.09. The number of quaternary nitrogens is 1. The standard InChI is InChI=1S/C21H23N3O3/c25-21(17-19-8-10-20(11-9-19)24(26)27)23-15-13-22(14-16-23)12-4-7-18-5-2-1-3-6-18/h1-11H,12-17H2/p+1/b7-4+. The number of benzene rings is 2. The van der Waals surface area contributed by atoms with Gasteiger partial charge in [0.15, 0.2) is 0 Å². The van der Waals surface area contributed by atoms with Crippen molar-refractivity contribution >= 4 is 17.7 Å². The largest absolute Gasteiger partial charge is 0.331 e. The van der Waals surface area contributed by atoms with E-state index < -0.39 is 4.92 Å². The summed E-state index contributed by atoms with van der Waals surface area (Å²) in [6, 6.07) is 16.5. The Morgan fingerprint density at radius 3 is 2.37 bits per heavy atom. The second-order valence-corrected chi connectivity index (χ2v) is 6.75. The Morgan fingerprint density at radius 2 is 1.74 bits per heavy atom. The van der Waals surface area contributed by atoms with Gasteiger partial charge in [0, 0.05) is 12.1 Å². The van der Waals surface area contributed by atoms with Crippen molar-refractivity contribution in [3.05, 3.63) is 81.9 Å². The van der Waals surface area contributed by atoms with Gasteiger partial charge >= 0.3 is 0 Å². The summed E-state index contributed by atoms with van der Waals surface area (Å²) in [6.45, 7) is 4.33. The lowest BCUT2D eigenvalue weighted by atomic mass is 10.1. The highest BCUT2D eigenvalue weighted by Crippen LogP contribution is 2.13. The molecule has 140 valence electrons. The van der Waals surface area contributed by atoms with Gasteiger partial charge < -0.3 is 9.80 Å². The van der Waals surface area contributed by atoms with E-state index in [2.05, 4.69) is 24.3 Å². The highest BCUT2D eigenvalue weighted by molar-refractivity contribution is 5.78. The number of rotatable bonds is 6. The summed E-state index contributed by atoms with van der Waals surface area (Å²) < 4.78 is 0. The zero-order chi connectivity index (χ0) is 19.1. The maximum Gasteiger partial charge on any atom is 0.269 e. The number of nitro benzene ring substituents is 1. The van der Waals surface area contributed by atoms with Crippen LogP contribution < -0.4 is 4.90 Å². The molecule has 6 nitrogen and oxygen atoms in total. The molecule has 0 atom stereocenters. The molecular formula is C21H24N3O3+. The maximum absolute atomic E-state index is 12.5. The number of carbonyl (C=O) groups excluding carboxylic acids is 1. The zero-order valence-corrected chi connectivity index (χ0v) is 15.2. The molecule has 1 heterocycles. The SMILES string of the molecule is O=C(Cc1ccc([N+](=O)[O-])cc1)N1CC[NH+](C/C=C/c2ccccc2)CC1. The first-order valence-electron chi connectivity index (χ1n) is 9.18. The number of nitrogens with zero attached hydrogens (tertiary/aromatic N) is 2. The summed E-state index contributed by atoms with van der Waals surface area (Å²) in [7, 11) is 0. The fraction of sp³-hybridized carbons (Fsp3) is 0.286. The van der Waals surface area contributed by atoms with Crippen molar-refractivity contribution in [2.45, 2.75) is 6.42 Å². The molecule has 0 unspecified atom stereocenters. The van der Waals surface area contributed by atoms with Gasteiger partial charge in [-0.25, -0.2) is 0 Å². The Balaban J connectivity index is 1.43. The van der Waals surface area contributed by atoms with Crippen LogP contribution in [0.25, 0.3) is 6.08 Å². The van der Waals surface area contributed by atoms with Crippen molar-refractivity contribution in [2.75, 3.05) is 32.7 Å². The van der Waals surface area contributed by atoms with Crippen LogP contribution in [-0.2, 0) is 11.2 Å². The number of non-ortho nitro benzene ring substituents is 1. The fourth-order valence-corrected chi connectivity index (χ4v) is 3.22. The van der Waals surface area contributed by atoms with Gasteiger partial charge in [0.25, 0.3) is 5.69 Å². The van der Waals surface area contributed by atoms with Crippen LogP contribution in [0, 0.1) is 10.1 Å². The molecule has 0 saturated carbocycles. The minimum absolute atomic E-state index is 0.0481. The fourth-order valence-electron chi connectivity index (χ4n) is 3.22. The van der Waals surface area contributed by atoms with Crippen LogP contribution in [0.4, 0.5) is 5.69 Å². The Hall–Kier alpha value is -2.99. The van der Waals surface area contributed by atoms with Crippen molar-refractivity contribution in [1.82, 2.24) is 4.90 Å². The van der Waals surface area contributed by atoms with E-state index in [4.69, 9.17) is 0 Å². The molecule has 0 radical (unpaired) electrons. The lowest BCUT2D eigenvalue weighted by molar-refractivity contribution is -0.898. The summed E-state index contributed by atoms with van der Waals surface area (Å²) in [5.41, 5.74) is 2.06. The lowest BCUT2D eigenvalue weighted by Crippen LogP contribution is -3.14. The number of hydrogen-bond donors (Lipinski definition) is 1. The normalized spacial score (nSPS) is 15.2. The Labute approximate surface area is 158 Å². The van der Waals surface area contributed by atoms with E-state index in [1.165, 1.54) is 22.6 Å². The molecule has 6 heteroatoms. The molecule has 27 heavy (non-hydrogen) atoms. The van der Waals surface area contributed by atoms with Crippen molar-refractivity contribution in [3.63, 3.8) is 0 Å². The maximum atomic E-state index is 12.5. The van der Waals surface area contributed by atoms with Gasteiger partial charge in [-0.3, -0.25) is 14.9 Å². The monoisotopic (exact) mass is 366 g/mol. The smallest absolute Gasteiger partial charge is 0.269 e. The van der Waals surface area contributed by atoms with Crippen LogP contribution in [0.1, 0.15) is 11.1 Å². The van der Waals surface area contributed by atoms with Crippen molar-refractivity contribution in [1.29, 1.82) is 0 Å². The topological polar surface area (TPSA) is 67.9 Å². The molecule has 1 aliphatic heterocycles. The molecular weight excluding hydrogens is 342 g/mol. The number of nitrogens with one attached hydrogen (secondary N) is 1. The van der Waals surface area contributed by atoms with Crippen LogP contribution in [0.5, 0.6) is 0 Å². The van der Waals surface area contributed by atoms with E-state index in [9.17, 15) is 14.9 Å². The Bertz CT molecular complexity index is 795. The number of amides is 1. The van der Waals surface area contributed by atoms with E-state index in [-0.39, 0.29) is 11.6 Å². The third-order valence-electron chi connectivity index (χ3n) is 4.84. The van der Waals surface area contributed by atoms with Crippen LogP contribution >= 0.6 is 0 Å². The Kier molecular flexibility index (Phi) is 6.33. The van der Waals surface area contributed by atoms with Gasteiger partial charge in [-0.15, -0.1) is 0 Å². The quantitative estimate of drug-likeness (QED) is 0.623. The molecule has 1 amide bonds. The average molecular weight is 366 g/mol. The minimum Gasteiger partial charge on any atom is -0.331 e. The van der Waals surface area contributed by atoms with E-state index in [0.29, 0.717) is 6.42 Å². The molecule has 0 aliphatic carbocycles. The summed E-state index contributed by atoms with van der Waals surface area (Å²) in [4.78, 5) is 26.1. The van der Waals surface area contributed by atoms with Gasteiger partial charge in [-0.2, -0.15) is 0 Å². The van der Waals surface area contributed by atoms with Crippen molar-refractivity contribution in [2.24, 2.45) is 0 Å². The first-order chi connectivity index (χ1) is 13.1. The second-order valence-electron chi connectivity index (χ2n) is 6.75. The number of piperazine rings is 1. The summed E-state index contributed by atoms with van der Waals surface area (Å²) >= 11 is 0. The average Bonchev–Trinajstić information content (AvgIpc) is 2.70. The number of nitro groups is 1. The first-order valence-corrected chi connectivity index (χ1v) is 9.18. The van der Waals surface area contributed by atoms with E-state index in [0.717, 1.165) is 38.3 Å². The number of hydrogen-bond acceptors (Lipinski definition) is 3. The van der Waals surface area contributed by atoms with Crippen molar-refractivity contribution in [3.8, 4) is 0 Å². The molecule has 3 rings (SSSR count). The van der Waals surface area contributed by atoms with E-state index >= 15 is 0 Å². The van der Waals surface area contributed by atoms with Gasteiger partial charge in [0.1, 0.15) is 0 Å². The molecule has 1 aliphatic rings. The molecule has 1 N–H and O–H groups in total. The highest BCUT2D eigenvalue weighted by Gasteiger charge is 2.23. The third-order valence-corrected chi connectivity index (χ3v) is 4.84.